The molecule has 0 saturated carbocycles. The zero-order valence-corrected chi connectivity index (χ0v) is 6.44. The van der Waals surface area contributed by atoms with Crippen LogP contribution in [0.4, 0.5) is 0 Å². The highest BCUT2D eigenvalue weighted by Gasteiger charge is 1.99. The van der Waals surface area contributed by atoms with Gasteiger partial charge in [0.1, 0.15) is 0 Å². The Kier molecular flexibility index (Phi) is 1.51. The predicted molar refractivity (Wildman–Crippen MR) is 46.2 cm³/mol. The van der Waals surface area contributed by atoms with Crippen LogP contribution in [-0.4, -0.2) is 20.0 Å². The first kappa shape index (κ1) is 6.84. The normalized spacial score (nSPS) is 10.0. The second-order valence-electron chi connectivity index (χ2n) is 2.38. The van der Waals surface area contributed by atoms with Crippen molar-refractivity contribution in [3.63, 3.8) is 0 Å². The number of hydrogen-bond acceptors (Lipinski definition) is 2. The molecule has 4 heteroatoms. The van der Waals surface area contributed by atoms with Gasteiger partial charge in [-0.2, -0.15) is 10.2 Å². The lowest BCUT2D eigenvalue weighted by Crippen LogP contribution is -1.81. The van der Waals surface area contributed by atoms with Crippen molar-refractivity contribution in [3.05, 3.63) is 31.4 Å². The summed E-state index contributed by atoms with van der Waals surface area (Å²) in [5, 5.41) is 10.6. The lowest BCUT2D eigenvalue weighted by molar-refractivity contribution is 0.937. The molecule has 0 fully saturated rings. The summed E-state index contributed by atoms with van der Waals surface area (Å²) < 4.78 is 1.66. The highest BCUT2D eigenvalue weighted by Crippen LogP contribution is 2.15. The molecule has 2 rings (SSSR count). The number of aromatic amines is 1. The molecule has 0 aromatic carbocycles. The Labute approximate surface area is 69.5 Å². The molecule has 0 bridgehead atoms. The molecule has 0 amide bonds. The number of nitrogens with one attached hydrogen (secondary N) is 1. The van der Waals surface area contributed by atoms with Crippen molar-refractivity contribution in [2.45, 2.75) is 0 Å². The van der Waals surface area contributed by atoms with E-state index in [1.165, 1.54) is 0 Å². The quantitative estimate of drug-likeness (QED) is 0.721. The third-order valence-corrected chi connectivity index (χ3v) is 1.62. The molecule has 0 aliphatic rings. The van der Waals surface area contributed by atoms with Gasteiger partial charge in [-0.1, -0.05) is 6.58 Å². The van der Waals surface area contributed by atoms with Crippen molar-refractivity contribution < 1.29 is 0 Å². The van der Waals surface area contributed by atoms with Gasteiger partial charge in [-0.3, -0.25) is 5.10 Å². The van der Waals surface area contributed by atoms with E-state index in [0.717, 1.165) is 11.1 Å². The van der Waals surface area contributed by atoms with Gasteiger partial charge >= 0.3 is 0 Å². The second kappa shape index (κ2) is 2.65. The number of H-pyrrole nitrogens is 1. The van der Waals surface area contributed by atoms with E-state index < -0.39 is 0 Å². The smallest absolute Gasteiger partial charge is 0.0573 e. The maximum Gasteiger partial charge on any atom is 0.0573 e. The molecule has 0 aliphatic carbocycles. The zero-order chi connectivity index (χ0) is 8.39. The summed E-state index contributed by atoms with van der Waals surface area (Å²) in [4.78, 5) is 0. The maximum absolute atomic E-state index is 4.05. The third kappa shape index (κ3) is 1.03. The molecule has 60 valence electrons. The largest absolute Gasteiger partial charge is 0.285 e. The molecule has 0 unspecified atom stereocenters. The van der Waals surface area contributed by atoms with E-state index in [0.29, 0.717) is 0 Å². The predicted octanol–water partition coefficient (Wildman–Crippen LogP) is 1.37. The topological polar surface area (TPSA) is 46.5 Å². The molecule has 0 aliphatic heterocycles. The molecule has 0 radical (unpaired) electrons. The van der Waals surface area contributed by atoms with Gasteiger partial charge in [-0.15, -0.1) is 0 Å². The number of nitrogens with zero attached hydrogens (tertiary/aromatic N) is 3. The molecule has 2 aromatic rings. The van der Waals surface area contributed by atoms with Gasteiger partial charge < -0.3 is 0 Å². The van der Waals surface area contributed by atoms with Crippen molar-refractivity contribution in [1.82, 2.24) is 20.0 Å². The lowest BCUT2D eigenvalue weighted by Gasteiger charge is -1.86. The van der Waals surface area contributed by atoms with Gasteiger partial charge in [0.2, 0.25) is 0 Å². The van der Waals surface area contributed by atoms with Crippen LogP contribution >= 0.6 is 0 Å². The number of aromatic nitrogens is 4. The fourth-order valence-electron chi connectivity index (χ4n) is 0.996. The highest BCUT2D eigenvalue weighted by molar-refractivity contribution is 5.59. The number of hydrogen-bond donors (Lipinski definition) is 1. The van der Waals surface area contributed by atoms with Crippen LogP contribution in [0.2, 0.25) is 0 Å². The fourth-order valence-corrected chi connectivity index (χ4v) is 0.996. The molecule has 12 heavy (non-hydrogen) atoms. The van der Waals surface area contributed by atoms with Crippen LogP contribution < -0.4 is 0 Å². The molecule has 1 N–H and O–H groups in total. The second-order valence-corrected chi connectivity index (χ2v) is 2.38. The summed E-state index contributed by atoms with van der Waals surface area (Å²) in [5.74, 6) is 0. The van der Waals surface area contributed by atoms with E-state index in [4.69, 9.17) is 0 Å². The van der Waals surface area contributed by atoms with Gasteiger partial charge in [0.05, 0.1) is 12.4 Å². The minimum absolute atomic E-state index is 1.03. The molecule has 0 saturated heterocycles. The highest BCUT2D eigenvalue weighted by atomic mass is 15.2. The van der Waals surface area contributed by atoms with Crippen LogP contribution in [-0.2, 0) is 0 Å². The molecule has 0 spiro atoms. The Bertz CT molecular complexity index is 371. The van der Waals surface area contributed by atoms with Crippen molar-refractivity contribution in [2.75, 3.05) is 0 Å². The Morgan fingerprint density at radius 2 is 2.33 bits per heavy atom. The molecular weight excluding hydrogens is 152 g/mol. The summed E-state index contributed by atoms with van der Waals surface area (Å²) in [7, 11) is 0. The van der Waals surface area contributed by atoms with Crippen LogP contribution in [0.15, 0.2) is 31.4 Å². The summed E-state index contributed by atoms with van der Waals surface area (Å²) in [6, 6.07) is 0. The van der Waals surface area contributed by atoms with Crippen LogP contribution in [0.5, 0.6) is 0 Å². The van der Waals surface area contributed by atoms with Crippen LogP contribution in [0.3, 0.4) is 0 Å². The van der Waals surface area contributed by atoms with Gasteiger partial charge in [0.15, 0.2) is 0 Å². The van der Waals surface area contributed by atoms with E-state index in [1.54, 1.807) is 23.3 Å². The van der Waals surface area contributed by atoms with Gasteiger partial charge in [0, 0.05) is 29.7 Å². The number of rotatable bonds is 2. The van der Waals surface area contributed by atoms with Crippen molar-refractivity contribution in [2.24, 2.45) is 0 Å². The SMILES string of the molecule is C=Cn1cc(-c2cn[nH]c2)cn1. The van der Waals surface area contributed by atoms with Crippen LogP contribution in [0.25, 0.3) is 17.3 Å². The zero-order valence-electron chi connectivity index (χ0n) is 6.44. The molecule has 2 aromatic heterocycles. The minimum atomic E-state index is 1.03. The van der Waals surface area contributed by atoms with Gasteiger partial charge in [-0.05, 0) is 0 Å². The molecule has 0 atom stereocenters. The van der Waals surface area contributed by atoms with Crippen molar-refractivity contribution >= 4 is 6.20 Å². The molecule has 2 heterocycles. The van der Waals surface area contributed by atoms with E-state index in [1.807, 2.05) is 12.4 Å². The average molecular weight is 160 g/mol. The summed E-state index contributed by atoms with van der Waals surface area (Å²) in [6.45, 7) is 3.60. The van der Waals surface area contributed by atoms with Crippen LogP contribution in [0, 0.1) is 0 Å². The minimum Gasteiger partial charge on any atom is -0.285 e. The summed E-state index contributed by atoms with van der Waals surface area (Å²) in [6.07, 6.45) is 8.88. The molecule has 4 nitrogen and oxygen atoms in total. The monoisotopic (exact) mass is 160 g/mol. The van der Waals surface area contributed by atoms with E-state index >= 15 is 0 Å². The summed E-state index contributed by atoms with van der Waals surface area (Å²) in [5.41, 5.74) is 2.06. The first-order valence-electron chi connectivity index (χ1n) is 3.56. The van der Waals surface area contributed by atoms with Gasteiger partial charge in [0.25, 0.3) is 0 Å². The third-order valence-electron chi connectivity index (χ3n) is 1.62. The standard InChI is InChI=1S/C8H8N4/c1-2-12-6-8(5-11-12)7-3-9-10-4-7/h2-6H,1H2,(H,9,10). The van der Waals surface area contributed by atoms with Gasteiger partial charge in [-0.25, -0.2) is 4.68 Å². The Hall–Kier alpha value is -1.84. The lowest BCUT2D eigenvalue weighted by atomic mass is 10.2. The van der Waals surface area contributed by atoms with Crippen molar-refractivity contribution in [3.8, 4) is 11.1 Å². The Morgan fingerprint density at radius 3 is 2.92 bits per heavy atom. The summed E-state index contributed by atoms with van der Waals surface area (Å²) >= 11 is 0. The van der Waals surface area contributed by atoms with Crippen molar-refractivity contribution in [1.29, 1.82) is 0 Å². The van der Waals surface area contributed by atoms with E-state index in [9.17, 15) is 0 Å². The molecular formula is C8H8N4. The Morgan fingerprint density at radius 1 is 1.42 bits per heavy atom. The first-order valence-corrected chi connectivity index (χ1v) is 3.56. The van der Waals surface area contributed by atoms with E-state index in [2.05, 4.69) is 21.9 Å². The average Bonchev–Trinajstić information content (AvgIpc) is 2.75. The Balaban J connectivity index is 2.41. The van der Waals surface area contributed by atoms with Crippen LogP contribution in [0.1, 0.15) is 0 Å². The first-order chi connectivity index (χ1) is 5.90. The van der Waals surface area contributed by atoms with E-state index in [-0.39, 0.29) is 0 Å². The maximum atomic E-state index is 4.05. The fraction of sp³-hybridized carbons (Fsp3) is 0.